The summed E-state index contributed by atoms with van der Waals surface area (Å²) in [6, 6.07) is 1.65. The molecule has 4 nitrogen and oxygen atoms in total. The molecule has 0 bridgehead atoms. The number of furan rings is 1. The number of amides is 1. The van der Waals surface area contributed by atoms with E-state index in [1.165, 1.54) is 6.26 Å². The lowest BCUT2D eigenvalue weighted by Crippen LogP contribution is -2.43. The van der Waals surface area contributed by atoms with Gasteiger partial charge in [0.15, 0.2) is 0 Å². The molecule has 0 spiro atoms. The standard InChI is InChI=1S/C14H23NO3/c1-9(2)12(16)14(4,5)8-15-13(17)11-6-7-18-10(11)3/h6-7,9,12,16H,8H2,1-5H3,(H,15,17). The van der Waals surface area contributed by atoms with Gasteiger partial charge in [0.2, 0.25) is 0 Å². The summed E-state index contributed by atoms with van der Waals surface area (Å²) in [6.45, 7) is 10.0. The van der Waals surface area contributed by atoms with Crippen LogP contribution in [0.2, 0.25) is 0 Å². The van der Waals surface area contributed by atoms with Gasteiger partial charge in [-0.05, 0) is 18.9 Å². The zero-order valence-electron chi connectivity index (χ0n) is 11.8. The van der Waals surface area contributed by atoms with Gasteiger partial charge in [-0.1, -0.05) is 27.7 Å². The third-order valence-electron chi connectivity index (χ3n) is 3.24. The molecule has 102 valence electrons. The fraction of sp³-hybridized carbons (Fsp3) is 0.643. The van der Waals surface area contributed by atoms with E-state index in [9.17, 15) is 9.90 Å². The largest absolute Gasteiger partial charge is 0.469 e. The lowest BCUT2D eigenvalue weighted by molar-refractivity contribution is 0.0138. The molecule has 0 aliphatic carbocycles. The Hall–Kier alpha value is -1.29. The second kappa shape index (κ2) is 5.57. The van der Waals surface area contributed by atoms with Gasteiger partial charge in [-0.15, -0.1) is 0 Å². The van der Waals surface area contributed by atoms with Crippen molar-refractivity contribution >= 4 is 5.91 Å². The van der Waals surface area contributed by atoms with Crippen molar-refractivity contribution in [2.45, 2.75) is 40.7 Å². The topological polar surface area (TPSA) is 62.5 Å². The molecular weight excluding hydrogens is 230 g/mol. The lowest BCUT2D eigenvalue weighted by Gasteiger charge is -2.33. The highest BCUT2D eigenvalue weighted by atomic mass is 16.3. The van der Waals surface area contributed by atoms with Crippen molar-refractivity contribution in [1.82, 2.24) is 5.32 Å². The van der Waals surface area contributed by atoms with E-state index in [1.807, 2.05) is 27.7 Å². The van der Waals surface area contributed by atoms with Gasteiger partial charge in [0.1, 0.15) is 5.76 Å². The molecule has 4 heteroatoms. The van der Waals surface area contributed by atoms with Gasteiger partial charge in [-0.3, -0.25) is 4.79 Å². The monoisotopic (exact) mass is 253 g/mol. The van der Waals surface area contributed by atoms with E-state index in [2.05, 4.69) is 5.32 Å². The summed E-state index contributed by atoms with van der Waals surface area (Å²) < 4.78 is 5.09. The second-order valence-electron chi connectivity index (χ2n) is 5.75. The van der Waals surface area contributed by atoms with Crippen LogP contribution in [-0.2, 0) is 0 Å². The van der Waals surface area contributed by atoms with E-state index in [4.69, 9.17) is 4.42 Å². The van der Waals surface area contributed by atoms with Crippen LogP contribution >= 0.6 is 0 Å². The zero-order chi connectivity index (χ0) is 13.9. The molecule has 0 saturated carbocycles. The normalized spacial score (nSPS) is 13.7. The first-order valence-electron chi connectivity index (χ1n) is 6.26. The Labute approximate surface area is 108 Å². The van der Waals surface area contributed by atoms with Crippen molar-refractivity contribution in [2.75, 3.05) is 6.54 Å². The van der Waals surface area contributed by atoms with Crippen LogP contribution < -0.4 is 5.32 Å². The van der Waals surface area contributed by atoms with E-state index in [0.29, 0.717) is 17.9 Å². The molecule has 1 amide bonds. The van der Waals surface area contributed by atoms with Crippen LogP contribution in [-0.4, -0.2) is 23.7 Å². The van der Waals surface area contributed by atoms with Crippen molar-refractivity contribution in [3.8, 4) is 0 Å². The minimum absolute atomic E-state index is 0.160. The summed E-state index contributed by atoms with van der Waals surface area (Å²) in [7, 11) is 0. The number of nitrogens with one attached hydrogen (secondary N) is 1. The number of aliphatic hydroxyl groups is 1. The number of aryl methyl sites for hydroxylation is 1. The molecule has 1 rings (SSSR count). The molecule has 1 atom stereocenters. The van der Waals surface area contributed by atoms with Crippen LogP contribution in [0, 0.1) is 18.3 Å². The highest BCUT2D eigenvalue weighted by Crippen LogP contribution is 2.25. The highest BCUT2D eigenvalue weighted by Gasteiger charge is 2.30. The average Bonchev–Trinajstić information content (AvgIpc) is 2.71. The third kappa shape index (κ3) is 3.35. The quantitative estimate of drug-likeness (QED) is 0.846. The molecule has 1 unspecified atom stereocenters. The summed E-state index contributed by atoms with van der Waals surface area (Å²) in [5, 5.41) is 12.9. The second-order valence-corrected chi connectivity index (χ2v) is 5.75. The number of rotatable bonds is 5. The van der Waals surface area contributed by atoms with Crippen LogP contribution in [0.1, 0.15) is 43.8 Å². The van der Waals surface area contributed by atoms with Crippen LogP contribution in [0.5, 0.6) is 0 Å². The molecule has 1 aromatic rings. The van der Waals surface area contributed by atoms with Crippen LogP contribution in [0.4, 0.5) is 0 Å². The first kappa shape index (κ1) is 14.8. The Bertz CT molecular complexity index is 407. The maximum absolute atomic E-state index is 11.9. The fourth-order valence-corrected chi connectivity index (χ4v) is 2.03. The Kier molecular flexibility index (Phi) is 4.57. The lowest BCUT2D eigenvalue weighted by atomic mass is 9.80. The molecule has 0 aliphatic rings. The Morgan fingerprint density at radius 3 is 2.56 bits per heavy atom. The molecule has 1 heterocycles. The van der Waals surface area contributed by atoms with Crippen molar-refractivity contribution in [1.29, 1.82) is 0 Å². The van der Waals surface area contributed by atoms with E-state index < -0.39 is 6.10 Å². The summed E-state index contributed by atoms with van der Waals surface area (Å²) in [5.74, 6) is 0.604. The van der Waals surface area contributed by atoms with E-state index in [0.717, 1.165) is 0 Å². The summed E-state index contributed by atoms with van der Waals surface area (Å²) in [4.78, 5) is 11.9. The van der Waals surface area contributed by atoms with E-state index >= 15 is 0 Å². The molecule has 18 heavy (non-hydrogen) atoms. The summed E-state index contributed by atoms with van der Waals surface area (Å²) in [5.41, 5.74) is 0.186. The highest BCUT2D eigenvalue weighted by molar-refractivity contribution is 5.95. The molecule has 1 aromatic heterocycles. The van der Waals surface area contributed by atoms with Gasteiger partial charge in [0.25, 0.3) is 5.91 Å². The molecule has 0 radical (unpaired) electrons. The van der Waals surface area contributed by atoms with E-state index in [-0.39, 0.29) is 17.2 Å². The van der Waals surface area contributed by atoms with Crippen LogP contribution in [0.3, 0.4) is 0 Å². The number of aliphatic hydroxyl groups excluding tert-OH is 1. The minimum atomic E-state index is -0.455. The molecule has 0 saturated heterocycles. The Balaban J connectivity index is 2.60. The van der Waals surface area contributed by atoms with Gasteiger partial charge in [0, 0.05) is 12.0 Å². The Morgan fingerprint density at radius 1 is 1.50 bits per heavy atom. The van der Waals surface area contributed by atoms with Crippen molar-refractivity contribution < 1.29 is 14.3 Å². The van der Waals surface area contributed by atoms with Crippen LogP contribution in [0.25, 0.3) is 0 Å². The number of carbonyl (C=O) groups is 1. The molecule has 0 fully saturated rings. The summed E-state index contributed by atoms with van der Waals surface area (Å²) in [6.07, 6.45) is 1.04. The third-order valence-corrected chi connectivity index (χ3v) is 3.24. The van der Waals surface area contributed by atoms with Gasteiger partial charge in [-0.2, -0.15) is 0 Å². The Morgan fingerprint density at radius 2 is 2.11 bits per heavy atom. The first-order chi connectivity index (χ1) is 8.25. The number of hydrogen-bond donors (Lipinski definition) is 2. The predicted molar refractivity (Wildman–Crippen MR) is 70.4 cm³/mol. The van der Waals surface area contributed by atoms with Gasteiger partial charge in [0.05, 0.1) is 17.9 Å². The number of hydrogen-bond acceptors (Lipinski definition) is 3. The SMILES string of the molecule is Cc1occc1C(=O)NCC(C)(C)C(O)C(C)C. The smallest absolute Gasteiger partial charge is 0.254 e. The van der Waals surface area contributed by atoms with Gasteiger partial charge >= 0.3 is 0 Å². The first-order valence-corrected chi connectivity index (χ1v) is 6.26. The minimum Gasteiger partial charge on any atom is -0.469 e. The average molecular weight is 253 g/mol. The molecular formula is C14H23NO3. The van der Waals surface area contributed by atoms with Crippen LogP contribution in [0.15, 0.2) is 16.7 Å². The molecule has 0 aliphatic heterocycles. The fourth-order valence-electron chi connectivity index (χ4n) is 2.03. The maximum atomic E-state index is 11.9. The zero-order valence-corrected chi connectivity index (χ0v) is 11.8. The van der Waals surface area contributed by atoms with Crippen molar-refractivity contribution in [2.24, 2.45) is 11.3 Å². The molecule has 2 N–H and O–H groups in total. The molecule has 0 aromatic carbocycles. The van der Waals surface area contributed by atoms with Crippen molar-refractivity contribution in [3.05, 3.63) is 23.7 Å². The van der Waals surface area contributed by atoms with Gasteiger partial charge in [-0.25, -0.2) is 0 Å². The predicted octanol–water partition coefficient (Wildman–Crippen LogP) is 2.36. The number of carbonyl (C=O) groups excluding carboxylic acids is 1. The van der Waals surface area contributed by atoms with Crippen molar-refractivity contribution in [3.63, 3.8) is 0 Å². The maximum Gasteiger partial charge on any atom is 0.254 e. The summed E-state index contributed by atoms with van der Waals surface area (Å²) >= 11 is 0. The van der Waals surface area contributed by atoms with E-state index in [1.54, 1.807) is 13.0 Å². The van der Waals surface area contributed by atoms with Gasteiger partial charge < -0.3 is 14.8 Å².